The predicted molar refractivity (Wildman–Crippen MR) is 96.4 cm³/mol. The molecule has 5 N–H and O–H groups in total. The summed E-state index contributed by atoms with van der Waals surface area (Å²) in [4.78, 5) is 35.5. The fraction of sp³-hybridized carbons (Fsp3) is 0.842. The third-order valence-corrected chi connectivity index (χ3v) is 5.13. The molecule has 0 aromatic carbocycles. The van der Waals surface area contributed by atoms with Crippen LogP contribution < -0.4 is 21.5 Å². The second-order valence-corrected chi connectivity index (χ2v) is 8.34. The Labute approximate surface area is 156 Å². The number of carboxylic acids is 1. The smallest absolute Gasteiger partial charge is 0.278 e. The fourth-order valence-electron chi connectivity index (χ4n) is 3.46. The minimum absolute atomic E-state index is 0.00713. The Bertz CT molecular complexity index is 485. The molecule has 1 aliphatic carbocycles. The summed E-state index contributed by atoms with van der Waals surface area (Å²) >= 11 is 0. The van der Waals surface area contributed by atoms with Gasteiger partial charge < -0.3 is 26.3 Å². The van der Waals surface area contributed by atoms with E-state index < -0.39 is 12.0 Å². The molecule has 0 radical (unpaired) electrons. The van der Waals surface area contributed by atoms with Gasteiger partial charge in [0.15, 0.2) is 6.04 Å². The zero-order chi connectivity index (χ0) is 19.9. The van der Waals surface area contributed by atoms with Gasteiger partial charge in [0.1, 0.15) is 0 Å². The highest BCUT2D eigenvalue weighted by Crippen LogP contribution is 2.28. The quantitative estimate of drug-likeness (QED) is 0.504. The van der Waals surface area contributed by atoms with E-state index in [4.69, 9.17) is 0 Å². The number of quaternary nitrogens is 1. The van der Waals surface area contributed by atoms with Crippen LogP contribution in [-0.4, -0.2) is 36.4 Å². The molecule has 1 rings (SSSR count). The van der Waals surface area contributed by atoms with E-state index in [1.807, 2.05) is 0 Å². The van der Waals surface area contributed by atoms with Gasteiger partial charge in [-0.25, -0.2) is 0 Å². The molecule has 1 saturated carbocycles. The van der Waals surface area contributed by atoms with Crippen LogP contribution in [0.2, 0.25) is 0 Å². The molecule has 26 heavy (non-hydrogen) atoms. The SMILES string of the molecule is CC(C)C[C@H]([NH3+])C(=O)NCC1CCC(C(=O)N[C@@H](C(=O)[O-])C(C)C)CC1. The monoisotopic (exact) mass is 369 g/mol. The van der Waals surface area contributed by atoms with Crippen molar-refractivity contribution >= 4 is 17.8 Å². The lowest BCUT2D eigenvalue weighted by Crippen LogP contribution is -2.68. The van der Waals surface area contributed by atoms with Crippen LogP contribution in [0.4, 0.5) is 0 Å². The molecule has 0 aromatic rings. The van der Waals surface area contributed by atoms with E-state index in [0.29, 0.717) is 31.2 Å². The van der Waals surface area contributed by atoms with Gasteiger partial charge in [0.2, 0.25) is 5.91 Å². The van der Waals surface area contributed by atoms with Crippen LogP contribution in [-0.2, 0) is 14.4 Å². The molecule has 1 fully saturated rings. The second-order valence-electron chi connectivity index (χ2n) is 8.34. The Hall–Kier alpha value is -1.63. The van der Waals surface area contributed by atoms with Crippen molar-refractivity contribution in [3.8, 4) is 0 Å². The number of hydrogen-bond acceptors (Lipinski definition) is 4. The number of carbonyl (C=O) groups is 3. The lowest BCUT2D eigenvalue weighted by Gasteiger charge is -2.30. The summed E-state index contributed by atoms with van der Waals surface area (Å²) in [6.07, 6.45) is 3.90. The zero-order valence-electron chi connectivity index (χ0n) is 16.5. The van der Waals surface area contributed by atoms with Crippen molar-refractivity contribution in [2.75, 3.05) is 6.54 Å². The van der Waals surface area contributed by atoms with Gasteiger partial charge in [-0.3, -0.25) is 9.59 Å². The molecule has 0 aliphatic heterocycles. The number of carbonyl (C=O) groups excluding carboxylic acids is 3. The van der Waals surface area contributed by atoms with E-state index in [2.05, 4.69) is 30.2 Å². The fourth-order valence-corrected chi connectivity index (χ4v) is 3.46. The van der Waals surface area contributed by atoms with Gasteiger partial charge >= 0.3 is 0 Å². The summed E-state index contributed by atoms with van der Waals surface area (Å²) in [5.41, 5.74) is 3.91. The minimum Gasteiger partial charge on any atom is -0.548 e. The van der Waals surface area contributed by atoms with Gasteiger partial charge in [-0.2, -0.15) is 0 Å². The highest BCUT2D eigenvalue weighted by molar-refractivity contribution is 5.84. The maximum Gasteiger partial charge on any atom is 0.278 e. The number of aliphatic carboxylic acids is 1. The van der Waals surface area contributed by atoms with Gasteiger partial charge in [-0.15, -0.1) is 0 Å². The number of hydrogen-bond donors (Lipinski definition) is 3. The van der Waals surface area contributed by atoms with Gasteiger partial charge in [0.25, 0.3) is 5.91 Å². The van der Waals surface area contributed by atoms with E-state index in [1.165, 1.54) is 0 Å². The summed E-state index contributed by atoms with van der Waals surface area (Å²) in [5.74, 6) is -1.03. The summed E-state index contributed by atoms with van der Waals surface area (Å²) in [7, 11) is 0. The first kappa shape index (κ1) is 22.4. The van der Waals surface area contributed by atoms with Crippen molar-refractivity contribution in [2.24, 2.45) is 23.7 Å². The lowest BCUT2D eigenvalue weighted by molar-refractivity contribution is -0.406. The molecule has 7 nitrogen and oxygen atoms in total. The maximum absolute atomic E-state index is 12.3. The molecule has 0 aromatic heterocycles. The first-order valence-corrected chi connectivity index (χ1v) is 9.73. The Morgan fingerprint density at radius 1 is 1.08 bits per heavy atom. The highest BCUT2D eigenvalue weighted by Gasteiger charge is 2.29. The van der Waals surface area contributed by atoms with Crippen molar-refractivity contribution < 1.29 is 25.2 Å². The van der Waals surface area contributed by atoms with Crippen LogP contribution in [0.5, 0.6) is 0 Å². The topological polar surface area (TPSA) is 126 Å². The number of carboxylic acid groups (broad SMARTS) is 1. The molecular formula is C19H35N3O4. The maximum atomic E-state index is 12.3. The molecular weight excluding hydrogens is 334 g/mol. The van der Waals surface area contributed by atoms with Crippen LogP contribution in [0.1, 0.15) is 59.8 Å². The molecule has 150 valence electrons. The molecule has 0 unspecified atom stereocenters. The standard InChI is InChI=1S/C19H35N3O4/c1-11(2)9-15(20)18(24)21-10-13-5-7-14(8-6-13)17(23)22-16(12(3)4)19(25)26/h11-16H,5-10,20H2,1-4H3,(H,21,24)(H,22,23)(H,25,26)/t13?,14?,15-,16+/m0/s1. The van der Waals surface area contributed by atoms with Crippen molar-refractivity contribution in [3.63, 3.8) is 0 Å². The lowest BCUT2D eigenvalue weighted by atomic mass is 9.81. The van der Waals surface area contributed by atoms with Gasteiger partial charge in [0, 0.05) is 18.9 Å². The summed E-state index contributed by atoms with van der Waals surface area (Å²) in [6.45, 7) is 8.25. The van der Waals surface area contributed by atoms with Crippen molar-refractivity contribution in [3.05, 3.63) is 0 Å². The molecule has 2 atom stereocenters. The normalized spacial score (nSPS) is 22.7. The minimum atomic E-state index is -1.24. The van der Waals surface area contributed by atoms with Crippen LogP contribution in [0.15, 0.2) is 0 Å². The van der Waals surface area contributed by atoms with Crippen molar-refractivity contribution in [1.82, 2.24) is 10.6 Å². The summed E-state index contributed by atoms with van der Waals surface area (Å²) in [6, 6.07) is -1.18. The van der Waals surface area contributed by atoms with E-state index >= 15 is 0 Å². The van der Waals surface area contributed by atoms with E-state index in [-0.39, 0.29) is 29.7 Å². The van der Waals surface area contributed by atoms with Gasteiger partial charge in [0.05, 0.1) is 12.0 Å². The third-order valence-electron chi connectivity index (χ3n) is 5.13. The van der Waals surface area contributed by atoms with Crippen LogP contribution in [0.25, 0.3) is 0 Å². The molecule has 0 spiro atoms. The largest absolute Gasteiger partial charge is 0.548 e. The highest BCUT2D eigenvalue weighted by atomic mass is 16.4. The van der Waals surface area contributed by atoms with E-state index in [1.54, 1.807) is 13.8 Å². The summed E-state index contributed by atoms with van der Waals surface area (Å²) in [5, 5.41) is 16.7. The predicted octanol–water partition coefficient (Wildman–Crippen LogP) is -0.544. The molecule has 2 amide bonds. The second kappa shape index (κ2) is 10.5. The van der Waals surface area contributed by atoms with E-state index in [0.717, 1.165) is 19.3 Å². The summed E-state index contributed by atoms with van der Waals surface area (Å²) < 4.78 is 0. The molecule has 0 heterocycles. The Balaban J connectivity index is 2.37. The molecule has 1 aliphatic rings. The van der Waals surface area contributed by atoms with Crippen molar-refractivity contribution in [2.45, 2.75) is 71.9 Å². The van der Waals surface area contributed by atoms with Crippen LogP contribution in [0.3, 0.4) is 0 Å². The number of rotatable bonds is 9. The third kappa shape index (κ3) is 7.32. The van der Waals surface area contributed by atoms with Gasteiger partial charge in [-0.05, 0) is 43.4 Å². The van der Waals surface area contributed by atoms with Crippen molar-refractivity contribution in [1.29, 1.82) is 0 Å². The Morgan fingerprint density at radius 3 is 2.12 bits per heavy atom. The van der Waals surface area contributed by atoms with Crippen LogP contribution in [0, 0.1) is 23.7 Å². The van der Waals surface area contributed by atoms with Crippen LogP contribution >= 0.6 is 0 Å². The molecule has 0 saturated heterocycles. The molecule has 7 heteroatoms. The average molecular weight is 370 g/mol. The Morgan fingerprint density at radius 2 is 1.65 bits per heavy atom. The van der Waals surface area contributed by atoms with E-state index in [9.17, 15) is 19.5 Å². The van der Waals surface area contributed by atoms with Gasteiger partial charge in [-0.1, -0.05) is 27.7 Å². The Kier molecular flexibility index (Phi) is 9.05. The number of nitrogens with one attached hydrogen (secondary N) is 2. The first-order valence-electron chi connectivity index (χ1n) is 9.73. The average Bonchev–Trinajstić information content (AvgIpc) is 2.56. The zero-order valence-corrected chi connectivity index (χ0v) is 16.5. The molecule has 0 bridgehead atoms. The number of amides is 2. The first-order chi connectivity index (χ1) is 12.1.